The van der Waals surface area contributed by atoms with Crippen molar-refractivity contribution >= 4 is 5.84 Å². The summed E-state index contributed by atoms with van der Waals surface area (Å²) in [6.45, 7) is 6.07. The summed E-state index contributed by atoms with van der Waals surface area (Å²) in [6.07, 6.45) is 2.35. The molecule has 68 valence electrons. The first-order chi connectivity index (χ1) is 5.79. The number of hydrogen-bond acceptors (Lipinski definition) is 3. The molecular formula is C9H16N2O. The van der Waals surface area contributed by atoms with Crippen LogP contribution in [0.3, 0.4) is 0 Å². The van der Waals surface area contributed by atoms with Gasteiger partial charge in [0.2, 0.25) is 0 Å². The van der Waals surface area contributed by atoms with Crippen molar-refractivity contribution in [1.29, 1.82) is 0 Å². The molecule has 2 aliphatic heterocycles. The van der Waals surface area contributed by atoms with Gasteiger partial charge in [-0.3, -0.25) is 4.99 Å². The maximum absolute atomic E-state index is 5.17. The van der Waals surface area contributed by atoms with Crippen molar-refractivity contribution in [2.75, 3.05) is 26.3 Å². The zero-order valence-corrected chi connectivity index (χ0v) is 7.60. The highest BCUT2D eigenvalue weighted by atomic mass is 16.5. The topological polar surface area (TPSA) is 33.6 Å². The van der Waals surface area contributed by atoms with E-state index in [0.29, 0.717) is 5.41 Å². The van der Waals surface area contributed by atoms with Gasteiger partial charge in [-0.1, -0.05) is 6.92 Å². The zero-order valence-electron chi connectivity index (χ0n) is 7.60. The van der Waals surface area contributed by atoms with Gasteiger partial charge in [0.15, 0.2) is 0 Å². The summed E-state index contributed by atoms with van der Waals surface area (Å²) >= 11 is 0. The van der Waals surface area contributed by atoms with Crippen molar-refractivity contribution in [2.24, 2.45) is 10.4 Å². The molecular weight excluding hydrogens is 152 g/mol. The van der Waals surface area contributed by atoms with E-state index in [2.05, 4.69) is 17.2 Å². The first-order valence-electron chi connectivity index (χ1n) is 4.63. The van der Waals surface area contributed by atoms with Gasteiger partial charge in [-0.2, -0.15) is 0 Å². The van der Waals surface area contributed by atoms with Crippen molar-refractivity contribution in [3.8, 4) is 0 Å². The van der Waals surface area contributed by atoms with Crippen LogP contribution in [0.2, 0.25) is 0 Å². The van der Waals surface area contributed by atoms with Gasteiger partial charge in [-0.15, -0.1) is 0 Å². The summed E-state index contributed by atoms with van der Waals surface area (Å²) in [6, 6.07) is 0. The summed E-state index contributed by atoms with van der Waals surface area (Å²) in [5, 5.41) is 3.39. The molecule has 0 atom stereocenters. The van der Waals surface area contributed by atoms with E-state index in [4.69, 9.17) is 4.74 Å². The van der Waals surface area contributed by atoms with E-state index in [1.54, 1.807) is 0 Å². The van der Waals surface area contributed by atoms with Crippen LogP contribution >= 0.6 is 0 Å². The van der Waals surface area contributed by atoms with Crippen LogP contribution in [0, 0.1) is 5.41 Å². The van der Waals surface area contributed by atoms with Gasteiger partial charge in [-0.05, 0) is 6.42 Å². The van der Waals surface area contributed by atoms with Gasteiger partial charge in [-0.25, -0.2) is 0 Å². The van der Waals surface area contributed by atoms with Crippen LogP contribution in [0.4, 0.5) is 0 Å². The number of amidine groups is 1. The Morgan fingerprint density at radius 1 is 1.58 bits per heavy atom. The average molecular weight is 168 g/mol. The molecule has 0 aromatic carbocycles. The highest BCUT2D eigenvalue weighted by molar-refractivity contribution is 5.83. The second kappa shape index (κ2) is 3.05. The molecule has 0 aromatic heterocycles. The van der Waals surface area contributed by atoms with E-state index < -0.39 is 0 Å². The molecule has 0 aliphatic carbocycles. The highest BCUT2D eigenvalue weighted by Crippen LogP contribution is 2.25. The molecule has 0 aromatic rings. The van der Waals surface area contributed by atoms with Crippen LogP contribution in [0.1, 0.15) is 19.8 Å². The molecule has 1 N–H and O–H groups in total. The Morgan fingerprint density at radius 3 is 2.92 bits per heavy atom. The molecule has 0 bridgehead atoms. The van der Waals surface area contributed by atoms with Crippen molar-refractivity contribution in [3.05, 3.63) is 0 Å². The van der Waals surface area contributed by atoms with Gasteiger partial charge in [0.25, 0.3) is 0 Å². The monoisotopic (exact) mass is 168 g/mol. The molecule has 2 heterocycles. The number of aliphatic imine (C=N–C) groups is 1. The number of hydrogen-bond donors (Lipinski definition) is 1. The fourth-order valence-corrected chi connectivity index (χ4v) is 1.55. The minimum atomic E-state index is 0.366. The minimum absolute atomic E-state index is 0.366. The van der Waals surface area contributed by atoms with Gasteiger partial charge in [0, 0.05) is 24.9 Å². The van der Waals surface area contributed by atoms with Crippen LogP contribution < -0.4 is 5.32 Å². The Morgan fingerprint density at radius 2 is 2.42 bits per heavy atom. The van der Waals surface area contributed by atoms with E-state index >= 15 is 0 Å². The normalized spacial score (nSPS) is 26.2. The molecule has 0 radical (unpaired) electrons. The average Bonchev–Trinajstić information content (AvgIpc) is 2.49. The van der Waals surface area contributed by atoms with Gasteiger partial charge < -0.3 is 10.1 Å². The van der Waals surface area contributed by atoms with E-state index in [0.717, 1.165) is 32.7 Å². The Bertz CT molecular complexity index is 197. The van der Waals surface area contributed by atoms with Crippen molar-refractivity contribution in [1.82, 2.24) is 5.32 Å². The largest absolute Gasteiger partial charge is 0.380 e. The molecule has 2 rings (SSSR count). The Balaban J connectivity index is 1.74. The Kier molecular flexibility index (Phi) is 2.05. The lowest BCUT2D eigenvalue weighted by atomic mass is 9.89. The summed E-state index contributed by atoms with van der Waals surface area (Å²) in [5.41, 5.74) is 0.366. The number of nitrogens with zero attached hydrogens (tertiary/aromatic N) is 1. The molecule has 0 amide bonds. The maximum Gasteiger partial charge on any atom is 0.0963 e. The lowest BCUT2D eigenvalue weighted by Gasteiger charge is -2.38. The van der Waals surface area contributed by atoms with E-state index in [9.17, 15) is 0 Å². The lowest BCUT2D eigenvalue weighted by Crippen LogP contribution is -2.48. The third kappa shape index (κ3) is 1.61. The zero-order chi connectivity index (χ0) is 8.44. The standard InChI is InChI=1S/C9H16N2O/c1-9(6-12-7-9)5-11-8-3-2-4-10-8/h2-7H2,1H3,(H,10,11). The fourth-order valence-electron chi connectivity index (χ4n) is 1.55. The molecule has 3 heteroatoms. The fraction of sp³-hybridized carbons (Fsp3) is 0.889. The quantitative estimate of drug-likeness (QED) is 0.662. The predicted octanol–water partition coefficient (Wildman–Crippen LogP) is 0.805. The molecule has 1 saturated heterocycles. The van der Waals surface area contributed by atoms with Crippen LogP contribution in [-0.2, 0) is 4.74 Å². The second-order valence-electron chi connectivity index (χ2n) is 4.09. The molecule has 0 saturated carbocycles. The number of nitrogens with one attached hydrogen (secondary N) is 1. The molecule has 0 spiro atoms. The van der Waals surface area contributed by atoms with Crippen molar-refractivity contribution in [2.45, 2.75) is 19.8 Å². The lowest BCUT2D eigenvalue weighted by molar-refractivity contribution is -0.0970. The molecule has 1 fully saturated rings. The first-order valence-corrected chi connectivity index (χ1v) is 4.63. The Labute approximate surface area is 73.2 Å². The summed E-state index contributed by atoms with van der Waals surface area (Å²) in [7, 11) is 0. The minimum Gasteiger partial charge on any atom is -0.380 e. The van der Waals surface area contributed by atoms with Crippen molar-refractivity contribution < 1.29 is 4.74 Å². The van der Waals surface area contributed by atoms with E-state index in [1.165, 1.54) is 12.3 Å². The maximum atomic E-state index is 5.17. The van der Waals surface area contributed by atoms with Crippen LogP contribution in [0.15, 0.2) is 4.99 Å². The summed E-state index contributed by atoms with van der Waals surface area (Å²) < 4.78 is 5.17. The number of rotatable bonds is 2. The Hall–Kier alpha value is -0.570. The van der Waals surface area contributed by atoms with Gasteiger partial charge >= 0.3 is 0 Å². The smallest absolute Gasteiger partial charge is 0.0963 e. The van der Waals surface area contributed by atoms with Crippen molar-refractivity contribution in [3.63, 3.8) is 0 Å². The van der Waals surface area contributed by atoms with Gasteiger partial charge in [0.1, 0.15) is 0 Å². The molecule has 0 unspecified atom stereocenters. The SMILES string of the molecule is CC1(CNC2=NCCC2)COC1. The highest BCUT2D eigenvalue weighted by Gasteiger charge is 2.33. The first kappa shape index (κ1) is 8.05. The van der Waals surface area contributed by atoms with E-state index in [1.807, 2.05) is 0 Å². The molecule has 12 heavy (non-hydrogen) atoms. The van der Waals surface area contributed by atoms with Crippen LogP contribution in [0.25, 0.3) is 0 Å². The van der Waals surface area contributed by atoms with Crippen LogP contribution in [-0.4, -0.2) is 32.1 Å². The van der Waals surface area contributed by atoms with Crippen LogP contribution in [0.5, 0.6) is 0 Å². The molecule has 2 aliphatic rings. The summed E-state index contributed by atoms with van der Waals surface area (Å²) in [5.74, 6) is 1.20. The summed E-state index contributed by atoms with van der Waals surface area (Å²) in [4.78, 5) is 4.36. The second-order valence-corrected chi connectivity index (χ2v) is 4.09. The predicted molar refractivity (Wildman–Crippen MR) is 48.5 cm³/mol. The third-order valence-corrected chi connectivity index (χ3v) is 2.49. The third-order valence-electron chi connectivity index (χ3n) is 2.49. The molecule has 3 nitrogen and oxygen atoms in total. The van der Waals surface area contributed by atoms with Gasteiger partial charge in [0.05, 0.1) is 19.0 Å². The number of ether oxygens (including phenoxy) is 1. The van der Waals surface area contributed by atoms with E-state index in [-0.39, 0.29) is 0 Å².